The van der Waals surface area contributed by atoms with Crippen LogP contribution < -0.4 is 15.0 Å². The van der Waals surface area contributed by atoms with Crippen LogP contribution in [-0.2, 0) is 9.59 Å². The number of carbonyl (C=O) groups excluding carboxylic acids is 2. The number of carbonyl (C=O) groups is 2. The first-order valence-electron chi connectivity index (χ1n) is 10.3. The summed E-state index contributed by atoms with van der Waals surface area (Å²) in [5, 5.41) is 11.7. The third-order valence-electron chi connectivity index (χ3n) is 4.57. The van der Waals surface area contributed by atoms with Crippen LogP contribution in [0.1, 0.15) is 37.7 Å². The van der Waals surface area contributed by atoms with Gasteiger partial charge in [-0.2, -0.15) is 5.26 Å². The molecule has 0 aliphatic rings. The van der Waals surface area contributed by atoms with E-state index in [0.29, 0.717) is 19.7 Å². The Morgan fingerprint density at radius 1 is 1.03 bits per heavy atom. The number of hydrogen-bond donors (Lipinski definition) is 1. The van der Waals surface area contributed by atoms with Crippen molar-refractivity contribution < 1.29 is 14.3 Å². The van der Waals surface area contributed by atoms with E-state index in [2.05, 4.69) is 11.4 Å². The Labute approximate surface area is 178 Å². The fraction of sp³-hybridized carbons (Fsp3) is 0.375. The molecule has 0 aromatic heterocycles. The molecule has 0 saturated carbocycles. The number of ether oxygens (including phenoxy) is 1. The Kier molecular flexibility index (Phi) is 9.94. The number of nitriles is 1. The number of hydrogen-bond acceptors (Lipinski definition) is 4. The number of benzene rings is 2. The normalized spacial score (nSPS) is 10.1. The van der Waals surface area contributed by atoms with Crippen molar-refractivity contribution in [3.05, 3.63) is 60.2 Å². The van der Waals surface area contributed by atoms with E-state index in [-0.39, 0.29) is 31.1 Å². The van der Waals surface area contributed by atoms with Gasteiger partial charge < -0.3 is 15.0 Å². The van der Waals surface area contributed by atoms with Crippen LogP contribution in [0.4, 0.5) is 5.69 Å². The van der Waals surface area contributed by atoms with Gasteiger partial charge in [0.1, 0.15) is 5.75 Å². The average Bonchev–Trinajstić information content (AvgIpc) is 2.77. The molecule has 0 fully saturated rings. The second-order valence-electron chi connectivity index (χ2n) is 7.01. The smallest absolute Gasteiger partial charge is 0.227 e. The first-order valence-corrected chi connectivity index (χ1v) is 10.3. The molecule has 0 saturated heterocycles. The highest BCUT2D eigenvalue weighted by atomic mass is 16.5. The lowest BCUT2D eigenvalue weighted by Crippen LogP contribution is -2.33. The predicted molar refractivity (Wildman–Crippen MR) is 117 cm³/mol. The zero-order valence-corrected chi connectivity index (χ0v) is 17.5. The largest absolute Gasteiger partial charge is 0.494 e. The molecule has 1 N–H and O–H groups in total. The minimum atomic E-state index is -0.155. The maximum absolute atomic E-state index is 12.5. The Bertz CT molecular complexity index is 829. The first kappa shape index (κ1) is 23.0. The van der Waals surface area contributed by atoms with Gasteiger partial charge in [-0.05, 0) is 44.0 Å². The summed E-state index contributed by atoms with van der Waals surface area (Å²) >= 11 is 0. The summed E-state index contributed by atoms with van der Waals surface area (Å²) in [5.74, 6) is 0.553. The molecule has 0 aliphatic heterocycles. The van der Waals surface area contributed by atoms with Crippen molar-refractivity contribution in [3.8, 4) is 11.8 Å². The van der Waals surface area contributed by atoms with Gasteiger partial charge in [-0.15, -0.1) is 0 Å². The second kappa shape index (κ2) is 13.0. The van der Waals surface area contributed by atoms with Crippen molar-refractivity contribution in [2.24, 2.45) is 0 Å². The number of nitrogens with zero attached hydrogens (tertiary/aromatic N) is 2. The van der Waals surface area contributed by atoms with Crippen LogP contribution in [0.2, 0.25) is 0 Å². The van der Waals surface area contributed by atoms with Crippen LogP contribution >= 0.6 is 0 Å². The van der Waals surface area contributed by atoms with Gasteiger partial charge in [0.25, 0.3) is 0 Å². The molecular weight excluding hydrogens is 378 g/mol. The molecule has 0 spiro atoms. The van der Waals surface area contributed by atoms with Gasteiger partial charge in [-0.3, -0.25) is 9.59 Å². The maximum atomic E-state index is 12.5. The monoisotopic (exact) mass is 407 g/mol. The highest BCUT2D eigenvalue weighted by molar-refractivity contribution is 5.95. The molecule has 0 radical (unpaired) electrons. The molecule has 6 heteroatoms. The van der Waals surface area contributed by atoms with E-state index in [9.17, 15) is 9.59 Å². The second-order valence-corrected chi connectivity index (χ2v) is 7.01. The van der Waals surface area contributed by atoms with Gasteiger partial charge in [-0.1, -0.05) is 35.9 Å². The molecule has 30 heavy (non-hydrogen) atoms. The molecule has 6 nitrogen and oxygen atoms in total. The summed E-state index contributed by atoms with van der Waals surface area (Å²) in [6.07, 6.45) is 2.14. The van der Waals surface area contributed by atoms with Crippen molar-refractivity contribution in [1.29, 1.82) is 5.26 Å². The van der Waals surface area contributed by atoms with E-state index in [1.807, 2.05) is 61.5 Å². The van der Waals surface area contributed by atoms with Gasteiger partial charge in [0.05, 0.1) is 19.1 Å². The van der Waals surface area contributed by atoms with E-state index in [0.717, 1.165) is 24.3 Å². The van der Waals surface area contributed by atoms with Crippen molar-refractivity contribution in [3.63, 3.8) is 0 Å². The summed E-state index contributed by atoms with van der Waals surface area (Å²) in [4.78, 5) is 26.2. The topological polar surface area (TPSA) is 82.4 Å². The molecule has 2 aromatic carbocycles. The van der Waals surface area contributed by atoms with Crippen molar-refractivity contribution in [1.82, 2.24) is 5.32 Å². The van der Waals surface area contributed by atoms with Gasteiger partial charge in [0.2, 0.25) is 11.8 Å². The number of nitrogens with one attached hydrogen (secondary N) is 1. The van der Waals surface area contributed by atoms with E-state index >= 15 is 0 Å². The molecule has 158 valence electrons. The zero-order chi connectivity index (χ0) is 21.6. The number of amides is 2. The number of para-hydroxylation sites is 1. The van der Waals surface area contributed by atoms with Crippen molar-refractivity contribution in [2.75, 3.05) is 24.6 Å². The first-order chi connectivity index (χ1) is 14.6. The molecule has 0 bridgehead atoms. The third-order valence-corrected chi connectivity index (χ3v) is 4.57. The van der Waals surface area contributed by atoms with E-state index in [1.54, 1.807) is 4.90 Å². The van der Waals surface area contributed by atoms with Crippen LogP contribution in [0.3, 0.4) is 0 Å². The Morgan fingerprint density at radius 3 is 2.47 bits per heavy atom. The molecule has 0 aliphatic carbocycles. The number of rotatable bonds is 12. The highest BCUT2D eigenvalue weighted by Crippen LogP contribution is 2.15. The van der Waals surface area contributed by atoms with Gasteiger partial charge in [0.15, 0.2) is 0 Å². The predicted octanol–water partition coefficient (Wildman–Crippen LogP) is 4.00. The summed E-state index contributed by atoms with van der Waals surface area (Å²) in [5.41, 5.74) is 1.94. The molecular formula is C24H29N3O3. The Balaban J connectivity index is 1.63. The van der Waals surface area contributed by atoms with Crippen LogP contribution in [0.15, 0.2) is 54.6 Å². The number of anilines is 1. The minimum Gasteiger partial charge on any atom is -0.494 e. The SMILES string of the molecule is Cc1ccc(OCCCCNC(=O)CCC(=O)N(CCC#N)c2ccccc2)cc1. The van der Waals surface area contributed by atoms with Crippen LogP contribution in [0.25, 0.3) is 0 Å². The summed E-state index contributed by atoms with van der Waals surface area (Å²) in [6, 6.07) is 19.2. The van der Waals surface area contributed by atoms with E-state index in [4.69, 9.17) is 10.00 Å². The Hall–Kier alpha value is -3.33. The quantitative estimate of drug-likeness (QED) is 0.539. The van der Waals surface area contributed by atoms with Gasteiger partial charge in [0, 0.05) is 31.6 Å². The number of aryl methyl sites for hydroxylation is 1. The standard InChI is InChI=1S/C24H29N3O3/c1-20-10-12-22(13-11-20)30-19-6-5-17-26-23(28)14-15-24(29)27(18-7-16-25)21-8-3-2-4-9-21/h2-4,8-13H,5-7,14-15,17-19H2,1H3,(H,26,28). The fourth-order valence-electron chi connectivity index (χ4n) is 2.89. The minimum absolute atomic E-state index is 0.114. The maximum Gasteiger partial charge on any atom is 0.227 e. The van der Waals surface area contributed by atoms with E-state index < -0.39 is 0 Å². The lowest BCUT2D eigenvalue weighted by atomic mass is 10.2. The number of unbranched alkanes of at least 4 members (excludes halogenated alkanes) is 1. The molecule has 0 unspecified atom stereocenters. The summed E-state index contributed by atoms with van der Waals surface area (Å²) in [7, 11) is 0. The zero-order valence-electron chi connectivity index (χ0n) is 17.5. The molecule has 0 atom stereocenters. The van der Waals surface area contributed by atoms with Crippen LogP contribution in [0, 0.1) is 18.3 Å². The van der Waals surface area contributed by atoms with Crippen molar-refractivity contribution >= 4 is 17.5 Å². The third kappa shape index (κ3) is 8.36. The molecule has 2 amide bonds. The van der Waals surface area contributed by atoms with E-state index in [1.165, 1.54) is 5.56 Å². The molecule has 0 heterocycles. The van der Waals surface area contributed by atoms with Crippen LogP contribution in [0.5, 0.6) is 5.75 Å². The highest BCUT2D eigenvalue weighted by Gasteiger charge is 2.16. The lowest BCUT2D eigenvalue weighted by molar-refractivity contribution is -0.125. The lowest BCUT2D eigenvalue weighted by Gasteiger charge is -2.21. The molecule has 2 rings (SSSR count). The van der Waals surface area contributed by atoms with Crippen LogP contribution in [-0.4, -0.2) is 31.5 Å². The summed E-state index contributed by atoms with van der Waals surface area (Å²) in [6.45, 7) is 3.51. The fourth-order valence-corrected chi connectivity index (χ4v) is 2.89. The average molecular weight is 408 g/mol. The molecule has 2 aromatic rings. The summed E-state index contributed by atoms with van der Waals surface area (Å²) < 4.78 is 5.66. The van der Waals surface area contributed by atoms with Gasteiger partial charge >= 0.3 is 0 Å². The van der Waals surface area contributed by atoms with Gasteiger partial charge in [-0.25, -0.2) is 0 Å². The van der Waals surface area contributed by atoms with Crippen molar-refractivity contribution in [2.45, 2.75) is 39.0 Å². The Morgan fingerprint density at radius 2 is 1.77 bits per heavy atom.